The van der Waals surface area contributed by atoms with E-state index >= 15 is 0 Å². The SMILES string of the molecule is COc1cc(/C=C/c2ccc(NCc3cc(C(F)(F)F)ccc3O)cc2)cc(OC)c1. The predicted molar refractivity (Wildman–Crippen MR) is 115 cm³/mol. The van der Waals surface area contributed by atoms with Crippen LogP contribution in [0.2, 0.25) is 0 Å². The molecule has 0 bridgehead atoms. The lowest BCUT2D eigenvalue weighted by molar-refractivity contribution is -0.137. The Labute approximate surface area is 178 Å². The summed E-state index contributed by atoms with van der Waals surface area (Å²) in [6, 6.07) is 15.8. The minimum Gasteiger partial charge on any atom is -0.508 e. The number of rotatable bonds is 7. The molecule has 0 aliphatic heterocycles. The third-order valence-corrected chi connectivity index (χ3v) is 4.64. The zero-order valence-corrected chi connectivity index (χ0v) is 17.0. The largest absolute Gasteiger partial charge is 0.508 e. The lowest BCUT2D eigenvalue weighted by Crippen LogP contribution is -2.07. The highest BCUT2D eigenvalue weighted by Gasteiger charge is 2.30. The number of anilines is 1. The maximum Gasteiger partial charge on any atom is 0.416 e. The quantitative estimate of drug-likeness (QED) is 0.439. The van der Waals surface area contributed by atoms with Crippen molar-refractivity contribution >= 4 is 17.8 Å². The molecule has 0 radical (unpaired) electrons. The minimum absolute atomic E-state index is 0.0640. The molecule has 0 saturated heterocycles. The average Bonchev–Trinajstić information content (AvgIpc) is 2.76. The summed E-state index contributed by atoms with van der Waals surface area (Å²) in [7, 11) is 3.18. The lowest BCUT2D eigenvalue weighted by atomic mass is 10.1. The summed E-state index contributed by atoms with van der Waals surface area (Å²) in [5.41, 5.74) is 1.95. The van der Waals surface area contributed by atoms with Gasteiger partial charge in [0.15, 0.2) is 0 Å². The second kappa shape index (κ2) is 9.47. The van der Waals surface area contributed by atoms with E-state index < -0.39 is 11.7 Å². The molecule has 162 valence electrons. The van der Waals surface area contributed by atoms with E-state index in [1.54, 1.807) is 20.3 Å². The summed E-state index contributed by atoms with van der Waals surface area (Å²) in [4.78, 5) is 0. The number of ether oxygens (including phenoxy) is 2. The van der Waals surface area contributed by atoms with Gasteiger partial charge in [-0.15, -0.1) is 0 Å². The van der Waals surface area contributed by atoms with Gasteiger partial charge in [-0.2, -0.15) is 13.2 Å². The van der Waals surface area contributed by atoms with E-state index in [1.165, 1.54) is 0 Å². The highest BCUT2D eigenvalue weighted by Crippen LogP contribution is 2.32. The Kier molecular flexibility index (Phi) is 6.74. The van der Waals surface area contributed by atoms with Crippen molar-refractivity contribution in [1.82, 2.24) is 0 Å². The number of phenolic OH excluding ortho intramolecular Hbond substituents is 1. The third kappa shape index (κ3) is 5.94. The summed E-state index contributed by atoms with van der Waals surface area (Å²) in [6.07, 6.45) is -0.603. The van der Waals surface area contributed by atoms with Crippen LogP contribution in [0.4, 0.5) is 18.9 Å². The van der Waals surface area contributed by atoms with Gasteiger partial charge in [0.1, 0.15) is 17.2 Å². The molecule has 0 fully saturated rings. The number of phenols is 1. The number of hydrogen-bond donors (Lipinski definition) is 2. The van der Waals surface area contributed by atoms with Crippen LogP contribution in [0.1, 0.15) is 22.3 Å². The highest BCUT2D eigenvalue weighted by molar-refractivity contribution is 5.71. The zero-order chi connectivity index (χ0) is 22.4. The van der Waals surface area contributed by atoms with Gasteiger partial charge in [-0.3, -0.25) is 0 Å². The fourth-order valence-electron chi connectivity index (χ4n) is 2.93. The molecule has 0 spiro atoms. The Bertz CT molecular complexity index is 1040. The smallest absolute Gasteiger partial charge is 0.416 e. The summed E-state index contributed by atoms with van der Waals surface area (Å²) in [5.74, 6) is 1.20. The Hall–Kier alpha value is -3.61. The summed E-state index contributed by atoms with van der Waals surface area (Å²) in [5, 5.41) is 12.9. The molecule has 0 unspecified atom stereocenters. The molecule has 0 heterocycles. The first kappa shape index (κ1) is 22.1. The number of hydrogen-bond acceptors (Lipinski definition) is 4. The first-order valence-electron chi connectivity index (χ1n) is 9.42. The van der Waals surface area contributed by atoms with Crippen molar-refractivity contribution in [2.75, 3.05) is 19.5 Å². The van der Waals surface area contributed by atoms with Gasteiger partial charge in [-0.1, -0.05) is 24.3 Å². The second-order valence-corrected chi connectivity index (χ2v) is 6.80. The lowest BCUT2D eigenvalue weighted by Gasteiger charge is -2.12. The Morgan fingerprint density at radius 2 is 1.45 bits per heavy atom. The van der Waals surface area contributed by atoms with Crippen LogP contribution in [0, 0.1) is 0 Å². The van der Waals surface area contributed by atoms with E-state index in [9.17, 15) is 18.3 Å². The number of methoxy groups -OCH3 is 2. The molecule has 0 saturated carbocycles. The number of alkyl halides is 3. The van der Waals surface area contributed by atoms with Crippen molar-refractivity contribution in [2.45, 2.75) is 12.7 Å². The summed E-state index contributed by atoms with van der Waals surface area (Å²) in [6.45, 7) is 0.0640. The summed E-state index contributed by atoms with van der Waals surface area (Å²) >= 11 is 0. The van der Waals surface area contributed by atoms with Gasteiger partial charge in [0.25, 0.3) is 0 Å². The molecule has 3 rings (SSSR count). The maximum absolute atomic E-state index is 12.9. The van der Waals surface area contributed by atoms with Crippen LogP contribution in [0.25, 0.3) is 12.2 Å². The predicted octanol–water partition coefficient (Wildman–Crippen LogP) is 6.21. The van der Waals surface area contributed by atoms with E-state index in [0.29, 0.717) is 11.5 Å². The fourth-order valence-corrected chi connectivity index (χ4v) is 2.93. The molecular weight excluding hydrogens is 407 g/mol. The van der Waals surface area contributed by atoms with Crippen LogP contribution in [0.15, 0.2) is 60.7 Å². The van der Waals surface area contributed by atoms with Crippen molar-refractivity contribution in [2.24, 2.45) is 0 Å². The van der Waals surface area contributed by atoms with Gasteiger partial charge < -0.3 is 19.9 Å². The van der Waals surface area contributed by atoms with Crippen molar-refractivity contribution < 1.29 is 27.8 Å². The van der Waals surface area contributed by atoms with Crippen LogP contribution in [-0.2, 0) is 12.7 Å². The molecule has 31 heavy (non-hydrogen) atoms. The minimum atomic E-state index is -4.46. The van der Waals surface area contributed by atoms with Crippen molar-refractivity contribution in [3.05, 3.63) is 82.9 Å². The van der Waals surface area contributed by atoms with Crippen LogP contribution < -0.4 is 14.8 Å². The van der Waals surface area contributed by atoms with Gasteiger partial charge in [0.2, 0.25) is 0 Å². The van der Waals surface area contributed by atoms with Crippen LogP contribution >= 0.6 is 0 Å². The fraction of sp³-hybridized carbons (Fsp3) is 0.167. The van der Waals surface area contributed by atoms with E-state index in [2.05, 4.69) is 5.32 Å². The monoisotopic (exact) mass is 429 g/mol. The molecule has 3 aromatic carbocycles. The number of benzene rings is 3. The first-order valence-corrected chi connectivity index (χ1v) is 9.42. The maximum atomic E-state index is 12.9. The molecular formula is C24H22F3NO3. The van der Waals surface area contributed by atoms with Crippen molar-refractivity contribution in [3.8, 4) is 17.2 Å². The average molecular weight is 429 g/mol. The van der Waals surface area contributed by atoms with Gasteiger partial charge in [0.05, 0.1) is 19.8 Å². The number of nitrogens with one attached hydrogen (secondary N) is 1. The van der Waals surface area contributed by atoms with E-state index in [4.69, 9.17) is 9.47 Å². The van der Waals surface area contributed by atoms with Crippen LogP contribution in [0.5, 0.6) is 17.2 Å². The highest BCUT2D eigenvalue weighted by atomic mass is 19.4. The van der Waals surface area contributed by atoms with Gasteiger partial charge in [-0.05, 0) is 53.6 Å². The molecule has 0 aromatic heterocycles. The molecule has 0 aliphatic carbocycles. The molecule has 3 aromatic rings. The zero-order valence-electron chi connectivity index (χ0n) is 17.0. The van der Waals surface area contributed by atoms with Gasteiger partial charge in [0, 0.05) is 23.9 Å². The Morgan fingerprint density at radius 1 is 0.839 bits per heavy atom. The Morgan fingerprint density at radius 3 is 2.03 bits per heavy atom. The molecule has 0 aliphatic rings. The van der Waals surface area contributed by atoms with E-state index in [0.717, 1.165) is 35.0 Å². The molecule has 0 atom stereocenters. The molecule has 2 N–H and O–H groups in total. The molecule has 4 nitrogen and oxygen atoms in total. The van der Waals surface area contributed by atoms with Crippen LogP contribution in [0.3, 0.4) is 0 Å². The van der Waals surface area contributed by atoms with Gasteiger partial charge >= 0.3 is 6.18 Å². The third-order valence-electron chi connectivity index (χ3n) is 4.64. The first-order chi connectivity index (χ1) is 14.8. The Balaban J connectivity index is 1.67. The van der Waals surface area contributed by atoms with E-state index in [-0.39, 0.29) is 17.9 Å². The standard InChI is InChI=1S/C24H22F3NO3/c1-30-21-11-17(12-22(14-21)31-2)4-3-16-5-8-20(9-6-16)28-15-18-13-19(24(25,26)27)7-10-23(18)29/h3-14,28-29H,15H2,1-2H3/b4-3+. The van der Waals surface area contributed by atoms with Crippen LogP contribution in [-0.4, -0.2) is 19.3 Å². The second-order valence-electron chi connectivity index (χ2n) is 6.80. The van der Waals surface area contributed by atoms with E-state index in [1.807, 2.05) is 48.6 Å². The number of aromatic hydroxyl groups is 1. The van der Waals surface area contributed by atoms with Gasteiger partial charge in [-0.25, -0.2) is 0 Å². The number of halogens is 3. The topological polar surface area (TPSA) is 50.7 Å². The normalized spacial score (nSPS) is 11.5. The summed E-state index contributed by atoms with van der Waals surface area (Å²) < 4.78 is 49.1. The van der Waals surface area contributed by atoms with Crippen molar-refractivity contribution in [1.29, 1.82) is 0 Å². The van der Waals surface area contributed by atoms with Crippen molar-refractivity contribution in [3.63, 3.8) is 0 Å². The molecule has 0 amide bonds. The molecule has 7 heteroatoms.